The van der Waals surface area contributed by atoms with Gasteiger partial charge in [-0.05, 0) is 36.4 Å². The van der Waals surface area contributed by atoms with Gasteiger partial charge in [-0.1, -0.05) is 0 Å². The van der Waals surface area contributed by atoms with Gasteiger partial charge in [0.25, 0.3) is 5.91 Å². The van der Waals surface area contributed by atoms with Crippen molar-refractivity contribution in [3.8, 4) is 0 Å². The molecule has 150 valence electrons. The molecule has 0 aliphatic carbocycles. The Hall–Kier alpha value is -3.30. The molecule has 2 aromatic heterocycles. The number of nitrogens with zero attached hydrogens (tertiary/aromatic N) is 4. The number of aliphatic hydroxyl groups is 1. The first-order valence-electron chi connectivity index (χ1n) is 9.45. The zero-order chi connectivity index (χ0) is 20.1. The summed E-state index contributed by atoms with van der Waals surface area (Å²) in [6.07, 6.45) is 1.66. The van der Waals surface area contributed by atoms with Crippen LogP contribution in [0.4, 0.5) is 17.3 Å². The third-order valence-electron chi connectivity index (χ3n) is 4.57. The highest BCUT2D eigenvalue weighted by Gasteiger charge is 2.12. The van der Waals surface area contributed by atoms with Crippen molar-refractivity contribution in [2.75, 3.05) is 49.7 Å². The first-order chi connectivity index (χ1) is 14.2. The topological polar surface area (TPSA) is 112 Å². The fraction of sp³-hybridized carbons (Fsp3) is 0.300. The third-order valence-corrected chi connectivity index (χ3v) is 4.57. The molecular formula is C20H22N6O3. The van der Waals surface area contributed by atoms with Crippen LogP contribution in [0.2, 0.25) is 0 Å². The number of pyridine rings is 1. The largest absolute Gasteiger partial charge is 0.395 e. The van der Waals surface area contributed by atoms with Crippen LogP contribution in [0.3, 0.4) is 0 Å². The number of nitrogens with one attached hydrogen (secondary N) is 2. The summed E-state index contributed by atoms with van der Waals surface area (Å²) in [5, 5.41) is 15.3. The zero-order valence-corrected chi connectivity index (χ0v) is 15.8. The van der Waals surface area contributed by atoms with E-state index in [9.17, 15) is 4.79 Å². The van der Waals surface area contributed by atoms with Gasteiger partial charge < -0.3 is 25.4 Å². The number of carbonyl (C=O) groups excluding carboxylic acids is 1. The normalized spacial score (nSPS) is 14.0. The monoisotopic (exact) mass is 394 g/mol. The summed E-state index contributed by atoms with van der Waals surface area (Å²) in [5.41, 5.74) is 2.67. The van der Waals surface area contributed by atoms with E-state index in [1.165, 1.54) is 0 Å². The van der Waals surface area contributed by atoms with Gasteiger partial charge in [-0.15, -0.1) is 0 Å². The molecule has 0 spiro atoms. The molecule has 29 heavy (non-hydrogen) atoms. The average molecular weight is 394 g/mol. The van der Waals surface area contributed by atoms with E-state index in [1.54, 1.807) is 18.3 Å². The number of morpholine rings is 1. The van der Waals surface area contributed by atoms with Gasteiger partial charge in [-0.2, -0.15) is 4.98 Å². The van der Waals surface area contributed by atoms with Gasteiger partial charge in [0, 0.05) is 42.6 Å². The summed E-state index contributed by atoms with van der Waals surface area (Å²) in [7, 11) is 0. The Morgan fingerprint density at radius 3 is 2.66 bits per heavy atom. The highest BCUT2D eigenvalue weighted by molar-refractivity contribution is 5.94. The number of hydrogen-bond acceptors (Lipinski definition) is 8. The van der Waals surface area contributed by atoms with E-state index in [0.29, 0.717) is 11.6 Å². The van der Waals surface area contributed by atoms with Crippen LogP contribution < -0.4 is 15.5 Å². The molecule has 0 bridgehead atoms. The molecule has 0 radical (unpaired) electrons. The van der Waals surface area contributed by atoms with Gasteiger partial charge in [0.1, 0.15) is 5.69 Å². The Bertz CT molecular complexity index is 989. The van der Waals surface area contributed by atoms with Gasteiger partial charge in [0.15, 0.2) is 5.65 Å². The van der Waals surface area contributed by atoms with Crippen molar-refractivity contribution in [3.05, 3.63) is 48.3 Å². The molecule has 0 saturated carbocycles. The molecular weight excluding hydrogens is 372 g/mol. The number of carbonyl (C=O) groups is 1. The van der Waals surface area contributed by atoms with Crippen LogP contribution >= 0.6 is 0 Å². The van der Waals surface area contributed by atoms with Crippen LogP contribution in [0.25, 0.3) is 11.0 Å². The molecule has 1 saturated heterocycles. The van der Waals surface area contributed by atoms with E-state index < -0.39 is 0 Å². The van der Waals surface area contributed by atoms with Crippen molar-refractivity contribution in [1.29, 1.82) is 0 Å². The van der Waals surface area contributed by atoms with Crippen LogP contribution in [0.5, 0.6) is 0 Å². The molecule has 0 atom stereocenters. The lowest BCUT2D eigenvalue weighted by molar-refractivity contribution is 0.0940. The molecule has 9 nitrogen and oxygen atoms in total. The highest BCUT2D eigenvalue weighted by atomic mass is 16.5. The Balaban J connectivity index is 1.49. The number of amides is 1. The first-order valence-corrected chi connectivity index (χ1v) is 9.45. The average Bonchev–Trinajstić information content (AvgIpc) is 2.78. The van der Waals surface area contributed by atoms with Crippen molar-refractivity contribution >= 4 is 34.3 Å². The highest BCUT2D eigenvalue weighted by Crippen LogP contribution is 2.21. The maximum Gasteiger partial charge on any atom is 0.270 e. The second-order valence-corrected chi connectivity index (χ2v) is 6.55. The molecule has 3 aromatic rings. The van der Waals surface area contributed by atoms with Crippen LogP contribution in [-0.2, 0) is 4.74 Å². The van der Waals surface area contributed by atoms with E-state index in [-0.39, 0.29) is 24.8 Å². The number of rotatable bonds is 6. The number of aromatic nitrogens is 3. The number of anilines is 3. The summed E-state index contributed by atoms with van der Waals surface area (Å²) < 4.78 is 5.39. The minimum Gasteiger partial charge on any atom is -0.395 e. The first kappa shape index (κ1) is 19.0. The van der Waals surface area contributed by atoms with E-state index in [4.69, 9.17) is 9.84 Å². The Morgan fingerprint density at radius 2 is 1.90 bits per heavy atom. The predicted molar refractivity (Wildman–Crippen MR) is 110 cm³/mol. The summed E-state index contributed by atoms with van der Waals surface area (Å²) in [5.74, 6) is 0.0461. The Kier molecular flexibility index (Phi) is 5.78. The van der Waals surface area contributed by atoms with Crippen LogP contribution in [0.1, 0.15) is 10.5 Å². The van der Waals surface area contributed by atoms with Gasteiger partial charge in [0.05, 0.1) is 19.8 Å². The summed E-state index contributed by atoms with van der Waals surface area (Å²) in [4.78, 5) is 27.3. The predicted octanol–water partition coefficient (Wildman–Crippen LogP) is 1.33. The molecule has 4 rings (SSSR count). The summed E-state index contributed by atoms with van der Waals surface area (Å²) >= 11 is 0. The fourth-order valence-corrected chi connectivity index (χ4v) is 3.06. The molecule has 1 aliphatic rings. The minimum atomic E-state index is -0.354. The summed E-state index contributed by atoms with van der Waals surface area (Å²) in [6.45, 7) is 3.33. The lowest BCUT2D eigenvalue weighted by atomic mass is 10.2. The quantitative estimate of drug-likeness (QED) is 0.574. The van der Waals surface area contributed by atoms with Crippen LogP contribution in [0.15, 0.2) is 42.6 Å². The van der Waals surface area contributed by atoms with Crippen molar-refractivity contribution in [1.82, 2.24) is 20.3 Å². The van der Waals surface area contributed by atoms with Crippen molar-refractivity contribution in [3.63, 3.8) is 0 Å². The number of aliphatic hydroxyl groups excluding tert-OH is 1. The second-order valence-electron chi connectivity index (χ2n) is 6.55. The maximum atomic E-state index is 12.0. The number of hydrogen-bond donors (Lipinski definition) is 3. The van der Waals surface area contributed by atoms with Crippen molar-refractivity contribution in [2.24, 2.45) is 0 Å². The second kappa shape index (κ2) is 8.80. The zero-order valence-electron chi connectivity index (χ0n) is 15.8. The molecule has 0 unspecified atom stereocenters. The van der Waals surface area contributed by atoms with Crippen LogP contribution in [-0.4, -0.2) is 65.4 Å². The van der Waals surface area contributed by atoms with E-state index >= 15 is 0 Å². The van der Waals surface area contributed by atoms with Gasteiger partial charge in [0.2, 0.25) is 5.95 Å². The van der Waals surface area contributed by atoms with E-state index in [2.05, 4.69) is 42.6 Å². The molecule has 1 aromatic carbocycles. The van der Waals surface area contributed by atoms with Gasteiger partial charge >= 0.3 is 0 Å². The standard InChI is InChI=1S/C20H22N6O3/c27-10-7-21-19(28)17-6-1-14-13-22-20(25-18(14)24-17)23-15-2-4-16(5-3-15)26-8-11-29-12-9-26/h1-6,13,27H,7-12H2,(H,21,28)(H,22,23,24,25). The smallest absolute Gasteiger partial charge is 0.270 e. The lowest BCUT2D eigenvalue weighted by Crippen LogP contribution is -2.36. The van der Waals surface area contributed by atoms with Crippen LogP contribution in [0, 0.1) is 0 Å². The SMILES string of the molecule is O=C(NCCO)c1ccc2cnc(Nc3ccc(N4CCOCC4)cc3)nc2n1. The minimum absolute atomic E-state index is 0.125. The third kappa shape index (κ3) is 4.58. The lowest BCUT2D eigenvalue weighted by Gasteiger charge is -2.28. The molecule has 1 fully saturated rings. The fourth-order valence-electron chi connectivity index (χ4n) is 3.06. The summed E-state index contributed by atoms with van der Waals surface area (Å²) in [6, 6.07) is 11.4. The van der Waals surface area contributed by atoms with E-state index in [1.807, 2.05) is 12.1 Å². The van der Waals surface area contributed by atoms with Gasteiger partial charge in [-0.25, -0.2) is 9.97 Å². The number of ether oxygens (including phenoxy) is 1. The Morgan fingerprint density at radius 1 is 1.10 bits per heavy atom. The van der Waals surface area contributed by atoms with E-state index in [0.717, 1.165) is 43.1 Å². The van der Waals surface area contributed by atoms with Gasteiger partial charge in [-0.3, -0.25) is 4.79 Å². The van der Waals surface area contributed by atoms with Crippen molar-refractivity contribution in [2.45, 2.75) is 0 Å². The molecule has 3 N–H and O–H groups in total. The number of benzene rings is 1. The Labute approximate surface area is 167 Å². The maximum absolute atomic E-state index is 12.0. The molecule has 1 aliphatic heterocycles. The molecule has 1 amide bonds. The molecule has 3 heterocycles. The molecule has 9 heteroatoms. The number of fused-ring (bicyclic) bond motifs is 1. The van der Waals surface area contributed by atoms with Crippen molar-refractivity contribution < 1.29 is 14.6 Å².